The van der Waals surface area contributed by atoms with Gasteiger partial charge in [-0.25, -0.2) is 4.39 Å². The molecule has 2 heterocycles. The molecular formula is C17H20FN3O. The average Bonchev–Trinajstić information content (AvgIpc) is 3.06. The summed E-state index contributed by atoms with van der Waals surface area (Å²) >= 11 is 0. The minimum atomic E-state index is -0.199. The predicted molar refractivity (Wildman–Crippen MR) is 83.0 cm³/mol. The van der Waals surface area contributed by atoms with Gasteiger partial charge in [0.15, 0.2) is 0 Å². The molecule has 0 unspecified atom stereocenters. The van der Waals surface area contributed by atoms with Crippen molar-refractivity contribution in [2.75, 3.05) is 13.1 Å². The zero-order chi connectivity index (χ0) is 15.4. The van der Waals surface area contributed by atoms with Crippen LogP contribution in [0.2, 0.25) is 0 Å². The molecule has 2 aromatic rings. The second-order valence-corrected chi connectivity index (χ2v) is 5.75. The third-order valence-corrected chi connectivity index (χ3v) is 4.10. The summed E-state index contributed by atoms with van der Waals surface area (Å²) in [5.74, 6) is -0.215. The van der Waals surface area contributed by atoms with E-state index in [1.54, 1.807) is 18.5 Å². The van der Waals surface area contributed by atoms with Crippen molar-refractivity contribution < 1.29 is 9.18 Å². The first-order valence-electron chi connectivity index (χ1n) is 7.61. The lowest BCUT2D eigenvalue weighted by Crippen LogP contribution is -2.44. The Morgan fingerprint density at radius 3 is 2.59 bits per heavy atom. The number of halogens is 1. The molecule has 2 N–H and O–H groups in total. The number of piperidine rings is 1. The lowest BCUT2D eigenvalue weighted by molar-refractivity contribution is 0.0909. The fraction of sp³-hybridized carbons (Fsp3) is 0.353. The van der Waals surface area contributed by atoms with Crippen LogP contribution in [-0.2, 0) is 6.54 Å². The largest absolute Gasteiger partial charge is 0.367 e. The van der Waals surface area contributed by atoms with Gasteiger partial charge in [-0.15, -0.1) is 0 Å². The third-order valence-electron chi connectivity index (χ3n) is 4.10. The molecule has 3 rings (SSSR count). The molecule has 4 nitrogen and oxygen atoms in total. The van der Waals surface area contributed by atoms with Crippen LogP contribution in [0.3, 0.4) is 0 Å². The van der Waals surface area contributed by atoms with Crippen LogP contribution in [0.4, 0.5) is 4.39 Å². The molecule has 0 saturated carbocycles. The zero-order valence-electron chi connectivity index (χ0n) is 12.4. The monoisotopic (exact) mass is 301 g/mol. The van der Waals surface area contributed by atoms with Crippen molar-refractivity contribution >= 4 is 5.91 Å². The lowest BCUT2D eigenvalue weighted by atomic mass is 10.0. The van der Waals surface area contributed by atoms with Crippen LogP contribution in [0.1, 0.15) is 28.8 Å². The zero-order valence-corrected chi connectivity index (χ0v) is 12.4. The maximum Gasteiger partial charge on any atom is 0.253 e. The molecule has 1 aromatic carbocycles. The van der Waals surface area contributed by atoms with E-state index in [1.165, 1.54) is 12.1 Å². The molecule has 1 saturated heterocycles. The van der Waals surface area contributed by atoms with Gasteiger partial charge in [-0.2, -0.15) is 0 Å². The highest BCUT2D eigenvalue weighted by molar-refractivity contribution is 5.94. The molecule has 1 amide bonds. The number of amides is 1. The van der Waals surface area contributed by atoms with E-state index in [9.17, 15) is 9.18 Å². The number of H-pyrrole nitrogens is 1. The molecule has 0 bridgehead atoms. The van der Waals surface area contributed by atoms with Gasteiger partial charge in [0.25, 0.3) is 5.91 Å². The van der Waals surface area contributed by atoms with Crippen LogP contribution < -0.4 is 5.32 Å². The number of hydrogen-bond acceptors (Lipinski definition) is 2. The normalized spacial score (nSPS) is 16.6. The summed E-state index contributed by atoms with van der Waals surface area (Å²) in [5.41, 5.74) is 1.80. The van der Waals surface area contributed by atoms with Crippen LogP contribution in [-0.4, -0.2) is 34.9 Å². The third kappa shape index (κ3) is 3.74. The van der Waals surface area contributed by atoms with Crippen LogP contribution in [0.25, 0.3) is 0 Å². The maximum absolute atomic E-state index is 12.9. The Hall–Kier alpha value is -2.14. The lowest BCUT2D eigenvalue weighted by Gasteiger charge is -2.32. The number of nitrogens with zero attached hydrogens (tertiary/aromatic N) is 1. The topological polar surface area (TPSA) is 48.1 Å². The fourth-order valence-corrected chi connectivity index (χ4v) is 2.82. The Balaban J connectivity index is 1.46. The highest BCUT2D eigenvalue weighted by Crippen LogP contribution is 2.15. The number of rotatable bonds is 4. The number of benzene rings is 1. The summed E-state index contributed by atoms with van der Waals surface area (Å²) in [6.07, 6.45) is 5.34. The molecule has 116 valence electrons. The van der Waals surface area contributed by atoms with Gasteiger partial charge in [-0.05, 0) is 36.6 Å². The first kappa shape index (κ1) is 14.8. The quantitative estimate of drug-likeness (QED) is 0.912. The summed E-state index contributed by atoms with van der Waals surface area (Å²) in [7, 11) is 0. The van der Waals surface area contributed by atoms with E-state index in [0.29, 0.717) is 5.56 Å². The number of aromatic amines is 1. The van der Waals surface area contributed by atoms with Gasteiger partial charge in [0, 0.05) is 38.1 Å². The van der Waals surface area contributed by atoms with Gasteiger partial charge >= 0.3 is 0 Å². The number of carbonyl (C=O) groups excluding carboxylic acids is 1. The van der Waals surface area contributed by atoms with Crippen molar-refractivity contribution in [2.24, 2.45) is 0 Å². The van der Waals surface area contributed by atoms with Crippen LogP contribution >= 0.6 is 0 Å². The smallest absolute Gasteiger partial charge is 0.253 e. The maximum atomic E-state index is 12.9. The van der Waals surface area contributed by atoms with Crippen molar-refractivity contribution in [3.63, 3.8) is 0 Å². The molecule has 1 aromatic heterocycles. The molecule has 22 heavy (non-hydrogen) atoms. The molecule has 0 radical (unpaired) electrons. The number of nitrogens with one attached hydrogen (secondary N) is 2. The van der Waals surface area contributed by atoms with Crippen LogP contribution in [0.5, 0.6) is 0 Å². The second kappa shape index (κ2) is 6.75. The van der Waals surface area contributed by atoms with Crippen molar-refractivity contribution in [1.29, 1.82) is 0 Å². The molecule has 1 aliphatic rings. The second-order valence-electron chi connectivity index (χ2n) is 5.75. The molecule has 0 atom stereocenters. The Kier molecular flexibility index (Phi) is 4.53. The highest BCUT2D eigenvalue weighted by Gasteiger charge is 2.21. The number of hydrogen-bond donors (Lipinski definition) is 2. The first-order chi connectivity index (χ1) is 10.7. The van der Waals surface area contributed by atoms with E-state index >= 15 is 0 Å². The fourth-order valence-electron chi connectivity index (χ4n) is 2.82. The minimum absolute atomic E-state index is 0.0155. The number of likely N-dealkylation sites (tertiary alicyclic amines) is 1. The molecule has 5 heteroatoms. The van der Waals surface area contributed by atoms with Gasteiger partial charge in [0.1, 0.15) is 5.82 Å². The number of aromatic nitrogens is 1. The Morgan fingerprint density at radius 2 is 1.95 bits per heavy atom. The first-order valence-corrected chi connectivity index (χ1v) is 7.61. The van der Waals surface area contributed by atoms with E-state index in [1.807, 2.05) is 12.1 Å². The highest BCUT2D eigenvalue weighted by atomic mass is 19.1. The molecule has 0 aliphatic carbocycles. The summed E-state index contributed by atoms with van der Waals surface area (Å²) in [6.45, 7) is 2.71. The molecule has 1 fully saturated rings. The molecule has 0 spiro atoms. The predicted octanol–water partition coefficient (Wildman–Crippen LogP) is 2.55. The van der Waals surface area contributed by atoms with Gasteiger partial charge in [-0.3, -0.25) is 9.69 Å². The van der Waals surface area contributed by atoms with E-state index < -0.39 is 0 Å². The van der Waals surface area contributed by atoms with Crippen LogP contribution in [0, 0.1) is 5.82 Å². The van der Waals surface area contributed by atoms with E-state index in [4.69, 9.17) is 0 Å². The van der Waals surface area contributed by atoms with Crippen molar-refractivity contribution in [2.45, 2.75) is 25.4 Å². The van der Waals surface area contributed by atoms with Crippen molar-refractivity contribution in [1.82, 2.24) is 15.2 Å². The SMILES string of the molecule is O=C(NC1CCN(Cc2ccc(F)cc2)CC1)c1cc[nH]c1. The molecular weight excluding hydrogens is 281 g/mol. The van der Waals surface area contributed by atoms with E-state index in [2.05, 4.69) is 15.2 Å². The molecule has 1 aliphatic heterocycles. The minimum Gasteiger partial charge on any atom is -0.367 e. The van der Waals surface area contributed by atoms with Gasteiger partial charge in [0.2, 0.25) is 0 Å². The standard InChI is InChI=1S/C17H20FN3O/c18-15-3-1-13(2-4-15)12-21-9-6-16(7-10-21)20-17(22)14-5-8-19-11-14/h1-5,8,11,16,19H,6-7,9-10,12H2,(H,20,22). The van der Waals surface area contributed by atoms with Crippen molar-refractivity contribution in [3.05, 3.63) is 59.7 Å². The van der Waals surface area contributed by atoms with Gasteiger partial charge in [-0.1, -0.05) is 12.1 Å². The summed E-state index contributed by atoms with van der Waals surface area (Å²) < 4.78 is 12.9. The number of carbonyl (C=O) groups is 1. The van der Waals surface area contributed by atoms with Crippen LogP contribution in [0.15, 0.2) is 42.7 Å². The van der Waals surface area contributed by atoms with Crippen molar-refractivity contribution in [3.8, 4) is 0 Å². The Morgan fingerprint density at radius 1 is 1.23 bits per heavy atom. The van der Waals surface area contributed by atoms with Gasteiger partial charge in [0.05, 0.1) is 5.56 Å². The summed E-state index contributed by atoms with van der Waals surface area (Å²) in [5, 5.41) is 3.08. The van der Waals surface area contributed by atoms with Gasteiger partial charge < -0.3 is 10.3 Å². The van der Waals surface area contributed by atoms with E-state index in [-0.39, 0.29) is 17.8 Å². The Bertz CT molecular complexity index is 601. The summed E-state index contributed by atoms with van der Waals surface area (Å²) in [4.78, 5) is 17.2. The Labute approximate surface area is 129 Å². The summed E-state index contributed by atoms with van der Waals surface area (Å²) in [6, 6.07) is 8.66. The van der Waals surface area contributed by atoms with E-state index in [0.717, 1.165) is 38.0 Å². The average molecular weight is 301 g/mol.